The van der Waals surface area contributed by atoms with Crippen LogP contribution in [0, 0.1) is 6.92 Å². The molecule has 0 aliphatic carbocycles. The van der Waals surface area contributed by atoms with Crippen LogP contribution in [0.15, 0.2) is 85.3 Å². The molecule has 0 spiro atoms. The van der Waals surface area contributed by atoms with Gasteiger partial charge in [0.05, 0.1) is 22.6 Å². The zero-order valence-electron chi connectivity index (χ0n) is 19.3. The van der Waals surface area contributed by atoms with Crippen molar-refractivity contribution in [1.29, 1.82) is 0 Å². The van der Waals surface area contributed by atoms with E-state index in [2.05, 4.69) is 24.7 Å². The fourth-order valence-corrected chi connectivity index (χ4v) is 4.98. The number of aromatic nitrogens is 4. The molecule has 0 bridgehead atoms. The molecule has 5 rings (SSSR count). The molecule has 3 N–H and O–H groups in total. The maximum Gasteiger partial charge on any atom is 0.238 e. The fraction of sp³-hybridized carbons (Fsp3) is 0.0769. The van der Waals surface area contributed by atoms with E-state index in [1.54, 1.807) is 61.1 Å². The minimum absolute atomic E-state index is 0.145. The molecule has 0 saturated carbocycles. The molecule has 5 aromatic rings. The van der Waals surface area contributed by atoms with Crippen LogP contribution in [0.25, 0.3) is 22.0 Å². The van der Waals surface area contributed by atoms with Gasteiger partial charge in [-0.1, -0.05) is 30.3 Å². The van der Waals surface area contributed by atoms with Gasteiger partial charge in [0.25, 0.3) is 0 Å². The first-order valence-electron chi connectivity index (χ1n) is 11.0. The fourth-order valence-electron chi connectivity index (χ4n) is 3.83. The average molecular weight is 499 g/mol. The highest BCUT2D eigenvalue weighted by molar-refractivity contribution is 7.91. The SMILES string of the molecule is Cc1ccc2c(NS(=O)(=O)Cc3ccccn3)cccc2c1Oc1ncccc1-c1ccnc(N)n1. The summed E-state index contributed by atoms with van der Waals surface area (Å²) in [6.07, 6.45) is 4.76. The largest absolute Gasteiger partial charge is 0.437 e. The molecule has 0 amide bonds. The van der Waals surface area contributed by atoms with E-state index in [4.69, 9.17) is 10.5 Å². The predicted octanol–water partition coefficient (Wildman–Crippen LogP) is 4.71. The standard InChI is InChI=1S/C26H22N6O3S/c1-17-10-11-19-20(7-4-9-23(19)32-36(33,34)16-18-6-2-3-13-28-18)24(17)35-25-21(8-5-14-29-25)22-12-15-30-26(27)31-22/h2-15,32H,16H2,1H3,(H2,27,30,31). The van der Waals surface area contributed by atoms with Gasteiger partial charge < -0.3 is 10.5 Å². The average Bonchev–Trinajstić information content (AvgIpc) is 2.86. The lowest BCUT2D eigenvalue weighted by Gasteiger charge is -2.16. The number of ether oxygens (including phenoxy) is 1. The van der Waals surface area contributed by atoms with Gasteiger partial charge in [-0.3, -0.25) is 9.71 Å². The number of rotatable bonds is 7. The van der Waals surface area contributed by atoms with Crippen LogP contribution in [-0.2, 0) is 15.8 Å². The number of fused-ring (bicyclic) bond motifs is 1. The van der Waals surface area contributed by atoms with E-state index in [1.807, 2.05) is 31.2 Å². The molecule has 36 heavy (non-hydrogen) atoms. The smallest absolute Gasteiger partial charge is 0.238 e. The van der Waals surface area contributed by atoms with Crippen LogP contribution in [0.3, 0.4) is 0 Å². The number of nitrogens with one attached hydrogen (secondary N) is 1. The lowest BCUT2D eigenvalue weighted by Crippen LogP contribution is -2.16. The Labute approximate surface area is 208 Å². The van der Waals surface area contributed by atoms with Crippen LogP contribution in [0.1, 0.15) is 11.3 Å². The summed E-state index contributed by atoms with van der Waals surface area (Å²) in [6.45, 7) is 1.91. The second-order valence-corrected chi connectivity index (χ2v) is 9.78. The molecule has 0 saturated heterocycles. The molecule has 9 nitrogen and oxygen atoms in total. The number of anilines is 2. The molecular formula is C26H22N6O3S. The molecule has 10 heteroatoms. The van der Waals surface area contributed by atoms with Gasteiger partial charge in [0.2, 0.25) is 21.9 Å². The highest BCUT2D eigenvalue weighted by Gasteiger charge is 2.18. The van der Waals surface area contributed by atoms with Crippen molar-refractivity contribution in [2.24, 2.45) is 0 Å². The first kappa shape index (κ1) is 23.2. The van der Waals surface area contributed by atoms with Gasteiger partial charge in [0, 0.05) is 29.4 Å². The summed E-state index contributed by atoms with van der Waals surface area (Å²) < 4.78 is 34.8. The number of aryl methyl sites for hydroxylation is 1. The zero-order chi connectivity index (χ0) is 25.1. The highest BCUT2D eigenvalue weighted by atomic mass is 32.2. The van der Waals surface area contributed by atoms with Crippen molar-refractivity contribution in [3.63, 3.8) is 0 Å². The van der Waals surface area contributed by atoms with Gasteiger partial charge in [-0.05, 0) is 48.9 Å². The Hall–Kier alpha value is -4.57. The highest BCUT2D eigenvalue weighted by Crippen LogP contribution is 2.38. The first-order chi connectivity index (χ1) is 17.4. The molecule has 0 aliphatic heterocycles. The third kappa shape index (κ3) is 4.93. The molecule has 0 fully saturated rings. The summed E-state index contributed by atoms with van der Waals surface area (Å²) >= 11 is 0. The van der Waals surface area contributed by atoms with E-state index in [-0.39, 0.29) is 11.7 Å². The van der Waals surface area contributed by atoms with E-state index >= 15 is 0 Å². The quantitative estimate of drug-likeness (QED) is 0.330. The summed E-state index contributed by atoms with van der Waals surface area (Å²) in [6, 6.07) is 19.6. The lowest BCUT2D eigenvalue weighted by molar-refractivity contribution is 0.466. The van der Waals surface area contributed by atoms with Gasteiger partial charge in [-0.25, -0.2) is 23.4 Å². The lowest BCUT2D eigenvalue weighted by atomic mass is 10.0. The minimum atomic E-state index is -3.70. The van der Waals surface area contributed by atoms with Gasteiger partial charge in [-0.2, -0.15) is 0 Å². The van der Waals surface area contributed by atoms with E-state index in [0.717, 1.165) is 10.9 Å². The normalized spacial score (nSPS) is 11.4. The van der Waals surface area contributed by atoms with Crippen LogP contribution >= 0.6 is 0 Å². The Morgan fingerprint density at radius 3 is 2.53 bits per heavy atom. The number of pyridine rings is 2. The summed E-state index contributed by atoms with van der Waals surface area (Å²) in [5.74, 6) is 0.803. The number of nitrogens with two attached hydrogens (primary N) is 1. The van der Waals surface area contributed by atoms with Gasteiger partial charge in [0.15, 0.2) is 0 Å². The molecule has 0 atom stereocenters. The molecule has 180 valence electrons. The Morgan fingerprint density at radius 2 is 1.72 bits per heavy atom. The maximum absolute atomic E-state index is 12.9. The van der Waals surface area contributed by atoms with E-state index < -0.39 is 10.0 Å². The van der Waals surface area contributed by atoms with Crippen LogP contribution < -0.4 is 15.2 Å². The van der Waals surface area contributed by atoms with E-state index in [1.165, 1.54) is 0 Å². The first-order valence-corrected chi connectivity index (χ1v) is 12.7. The van der Waals surface area contributed by atoms with Crippen LogP contribution in [0.2, 0.25) is 0 Å². The van der Waals surface area contributed by atoms with Gasteiger partial charge in [-0.15, -0.1) is 0 Å². The van der Waals surface area contributed by atoms with Crippen LogP contribution in [0.4, 0.5) is 11.6 Å². The van der Waals surface area contributed by atoms with Crippen molar-refractivity contribution in [3.8, 4) is 22.9 Å². The minimum Gasteiger partial charge on any atom is -0.437 e. The Bertz CT molecular complexity index is 1660. The monoisotopic (exact) mass is 498 g/mol. The predicted molar refractivity (Wildman–Crippen MR) is 139 cm³/mol. The van der Waals surface area contributed by atoms with E-state index in [9.17, 15) is 8.42 Å². The number of hydrogen-bond donors (Lipinski definition) is 2. The molecule has 3 heterocycles. The number of nitrogens with zero attached hydrogens (tertiary/aromatic N) is 4. The van der Waals surface area contributed by atoms with Gasteiger partial charge in [0.1, 0.15) is 11.5 Å². The third-order valence-corrected chi connectivity index (χ3v) is 6.67. The summed E-state index contributed by atoms with van der Waals surface area (Å²) in [7, 11) is -3.70. The molecule has 2 aromatic carbocycles. The Kier molecular flexibility index (Phi) is 6.17. The zero-order valence-corrected chi connectivity index (χ0v) is 20.1. The third-order valence-electron chi connectivity index (χ3n) is 5.46. The van der Waals surface area contributed by atoms with Crippen molar-refractivity contribution < 1.29 is 13.2 Å². The van der Waals surface area contributed by atoms with Crippen molar-refractivity contribution in [1.82, 2.24) is 19.9 Å². The molecular weight excluding hydrogens is 476 g/mol. The molecule has 0 aliphatic rings. The van der Waals surface area contributed by atoms with E-state index in [0.29, 0.717) is 39.7 Å². The summed E-state index contributed by atoms with van der Waals surface area (Å²) in [4.78, 5) is 16.8. The Morgan fingerprint density at radius 1 is 0.861 bits per heavy atom. The Balaban J connectivity index is 1.53. The topological polar surface area (TPSA) is 133 Å². The van der Waals surface area contributed by atoms with Crippen LogP contribution in [0.5, 0.6) is 11.6 Å². The molecule has 0 radical (unpaired) electrons. The van der Waals surface area contributed by atoms with Gasteiger partial charge >= 0.3 is 0 Å². The van der Waals surface area contributed by atoms with Crippen LogP contribution in [-0.4, -0.2) is 28.4 Å². The number of benzene rings is 2. The number of sulfonamides is 1. The van der Waals surface area contributed by atoms with Crippen molar-refractivity contribution in [2.45, 2.75) is 12.7 Å². The van der Waals surface area contributed by atoms with Crippen molar-refractivity contribution in [3.05, 3.63) is 96.6 Å². The maximum atomic E-state index is 12.9. The molecule has 0 unspecified atom stereocenters. The second kappa shape index (κ2) is 9.59. The number of hydrogen-bond acceptors (Lipinski definition) is 8. The van der Waals surface area contributed by atoms with Crippen molar-refractivity contribution >= 4 is 32.4 Å². The number of nitrogen functional groups attached to an aromatic ring is 1. The summed E-state index contributed by atoms with van der Waals surface area (Å²) in [5, 5.41) is 1.42. The second-order valence-electron chi connectivity index (χ2n) is 8.05. The van der Waals surface area contributed by atoms with Crippen molar-refractivity contribution in [2.75, 3.05) is 10.5 Å². The molecule has 3 aromatic heterocycles. The summed E-state index contributed by atoms with van der Waals surface area (Å²) in [5.41, 5.74) is 8.75.